The number of hydrogen-bond acceptors (Lipinski definition) is 5. The van der Waals surface area contributed by atoms with E-state index in [-0.39, 0.29) is 11.9 Å². The van der Waals surface area contributed by atoms with Gasteiger partial charge in [0.2, 0.25) is 0 Å². The van der Waals surface area contributed by atoms with Crippen molar-refractivity contribution in [3.63, 3.8) is 0 Å². The minimum atomic E-state index is -0.545. The Labute approximate surface area is 124 Å². The normalized spacial score (nSPS) is 12.6. The molecule has 0 saturated carbocycles. The maximum absolute atomic E-state index is 10.6. The molecule has 5 nitrogen and oxygen atoms in total. The molecule has 2 aromatic heterocycles. The minimum absolute atomic E-state index is 0.203. The van der Waals surface area contributed by atoms with Gasteiger partial charge in [0.1, 0.15) is 16.7 Å². The molecule has 0 aliphatic rings. The highest BCUT2D eigenvalue weighted by atomic mass is 79.9. The molecule has 0 radical (unpaired) electrons. The Morgan fingerprint density at radius 1 is 1.50 bits per heavy atom. The van der Waals surface area contributed by atoms with Crippen LogP contribution < -0.4 is 5.32 Å². The zero-order valence-corrected chi connectivity index (χ0v) is 13.1. The molecule has 0 aromatic carbocycles. The number of nitrogens with one attached hydrogen (secondary N) is 1. The Hall–Kier alpha value is -0.700. The molecule has 0 saturated heterocycles. The molecule has 1 unspecified atom stereocenters. The second-order valence-electron chi connectivity index (χ2n) is 3.43. The van der Waals surface area contributed by atoms with Crippen molar-refractivity contribution in [3.8, 4) is 0 Å². The summed E-state index contributed by atoms with van der Waals surface area (Å²) in [4.78, 5) is 11.1. The third kappa shape index (κ3) is 2.66. The molecule has 8 heteroatoms. The zero-order chi connectivity index (χ0) is 13.3. The zero-order valence-electron chi connectivity index (χ0n) is 9.15. The van der Waals surface area contributed by atoms with Gasteiger partial charge in [0.05, 0.1) is 9.85 Å². The fourth-order valence-electron chi connectivity index (χ4n) is 1.53. The van der Waals surface area contributed by atoms with E-state index < -0.39 is 4.92 Å². The number of rotatable bonds is 4. The Morgan fingerprint density at radius 2 is 2.22 bits per heavy atom. The minimum Gasteiger partial charge on any atom is -0.404 e. The molecule has 0 aliphatic carbocycles. The van der Waals surface area contributed by atoms with Crippen LogP contribution in [-0.4, -0.2) is 12.0 Å². The average Bonchev–Trinajstić information content (AvgIpc) is 2.89. The number of halogens is 2. The van der Waals surface area contributed by atoms with Gasteiger partial charge in [0.15, 0.2) is 0 Å². The fourth-order valence-corrected chi connectivity index (χ4v) is 3.73. The average molecular weight is 396 g/mol. The first-order valence-corrected chi connectivity index (χ1v) is 7.29. The third-order valence-electron chi connectivity index (χ3n) is 2.31. The summed E-state index contributed by atoms with van der Waals surface area (Å²) in [6.45, 7) is 0. The van der Waals surface area contributed by atoms with Crippen molar-refractivity contribution in [3.05, 3.63) is 47.2 Å². The summed E-state index contributed by atoms with van der Waals surface area (Å²) in [7, 11) is 1.78. The molecule has 2 heterocycles. The summed E-state index contributed by atoms with van der Waals surface area (Å²) < 4.78 is 7.14. The molecule has 1 N–H and O–H groups in total. The number of hydrogen-bond donors (Lipinski definition) is 1. The molecule has 0 bridgehead atoms. The molecule has 0 fully saturated rings. The lowest BCUT2D eigenvalue weighted by Gasteiger charge is -2.10. The van der Waals surface area contributed by atoms with Crippen molar-refractivity contribution >= 4 is 49.1 Å². The number of furan rings is 1. The van der Waals surface area contributed by atoms with Crippen LogP contribution in [0.3, 0.4) is 0 Å². The number of thiophene rings is 1. The van der Waals surface area contributed by atoms with Gasteiger partial charge in [-0.1, -0.05) is 0 Å². The monoisotopic (exact) mass is 394 g/mol. The maximum Gasteiger partial charge on any atom is 0.433 e. The van der Waals surface area contributed by atoms with Crippen LogP contribution in [0.2, 0.25) is 0 Å². The highest BCUT2D eigenvalue weighted by molar-refractivity contribution is 9.13. The SMILES string of the molecule is CNC(c1ccc([N+](=O)[O-])o1)c1cc(Br)c(Br)s1. The van der Waals surface area contributed by atoms with Crippen LogP contribution in [0.5, 0.6) is 0 Å². The molecule has 18 heavy (non-hydrogen) atoms. The van der Waals surface area contributed by atoms with Crippen molar-refractivity contribution in [2.24, 2.45) is 0 Å². The molecule has 2 aromatic rings. The van der Waals surface area contributed by atoms with Gasteiger partial charge in [-0.2, -0.15) is 0 Å². The van der Waals surface area contributed by atoms with Gasteiger partial charge in [-0.3, -0.25) is 10.1 Å². The first-order chi connectivity index (χ1) is 8.52. The standard InChI is InChI=1S/C10H8Br2N2O3S/c1-13-9(7-4-5(11)10(12)18-7)6-2-3-8(17-6)14(15)16/h2-4,9,13H,1H3. The molecule has 1 atom stereocenters. The highest BCUT2D eigenvalue weighted by Gasteiger charge is 2.22. The van der Waals surface area contributed by atoms with Crippen LogP contribution in [0.4, 0.5) is 5.88 Å². The number of nitro groups is 1. The van der Waals surface area contributed by atoms with E-state index in [1.54, 1.807) is 13.1 Å². The highest BCUT2D eigenvalue weighted by Crippen LogP contribution is 2.38. The van der Waals surface area contributed by atoms with Crippen LogP contribution in [0, 0.1) is 10.1 Å². The predicted octanol–water partition coefficient (Wildman–Crippen LogP) is 4.08. The Bertz CT molecular complexity index is 562. The molecule has 0 amide bonds. The van der Waals surface area contributed by atoms with Crippen molar-refractivity contribution in [2.75, 3.05) is 7.05 Å². The van der Waals surface area contributed by atoms with Crippen LogP contribution in [-0.2, 0) is 0 Å². The molecule has 0 spiro atoms. The summed E-state index contributed by atoms with van der Waals surface area (Å²) in [6, 6.07) is 4.72. The van der Waals surface area contributed by atoms with E-state index in [2.05, 4.69) is 37.2 Å². The summed E-state index contributed by atoms with van der Waals surface area (Å²) in [5.41, 5.74) is 0. The Morgan fingerprint density at radius 3 is 2.67 bits per heavy atom. The van der Waals surface area contributed by atoms with Crippen molar-refractivity contribution in [2.45, 2.75) is 6.04 Å². The van der Waals surface area contributed by atoms with E-state index >= 15 is 0 Å². The third-order valence-corrected chi connectivity index (χ3v) is 5.64. The van der Waals surface area contributed by atoms with Gasteiger partial charge in [0, 0.05) is 9.35 Å². The van der Waals surface area contributed by atoms with Crippen molar-refractivity contribution < 1.29 is 9.34 Å². The van der Waals surface area contributed by atoms with Gasteiger partial charge < -0.3 is 9.73 Å². The van der Waals surface area contributed by atoms with Crippen LogP contribution in [0.15, 0.2) is 30.9 Å². The van der Waals surface area contributed by atoms with Crippen LogP contribution >= 0.6 is 43.2 Å². The lowest BCUT2D eigenvalue weighted by Crippen LogP contribution is -2.15. The van der Waals surface area contributed by atoms with Gasteiger partial charge in [0.25, 0.3) is 0 Å². The predicted molar refractivity (Wildman–Crippen MR) is 76.0 cm³/mol. The van der Waals surface area contributed by atoms with Crippen LogP contribution in [0.25, 0.3) is 0 Å². The van der Waals surface area contributed by atoms with E-state index in [1.165, 1.54) is 17.4 Å². The van der Waals surface area contributed by atoms with E-state index in [0.29, 0.717) is 5.76 Å². The van der Waals surface area contributed by atoms with Gasteiger partial charge in [-0.15, -0.1) is 11.3 Å². The topological polar surface area (TPSA) is 68.3 Å². The Kier molecular flexibility index (Phi) is 4.21. The molecular weight excluding hydrogens is 388 g/mol. The first-order valence-electron chi connectivity index (χ1n) is 4.89. The van der Waals surface area contributed by atoms with E-state index in [0.717, 1.165) is 13.1 Å². The molecule has 96 valence electrons. The summed E-state index contributed by atoms with van der Waals surface area (Å²) in [5, 5.41) is 13.7. The van der Waals surface area contributed by atoms with Gasteiger partial charge >= 0.3 is 5.88 Å². The smallest absolute Gasteiger partial charge is 0.404 e. The van der Waals surface area contributed by atoms with Gasteiger partial charge in [-0.05, 0) is 51.0 Å². The number of nitrogens with zero attached hydrogens (tertiary/aromatic N) is 1. The summed E-state index contributed by atoms with van der Waals surface area (Å²) in [6.07, 6.45) is 0. The lowest BCUT2D eigenvalue weighted by atomic mass is 10.2. The van der Waals surface area contributed by atoms with Crippen molar-refractivity contribution in [1.29, 1.82) is 0 Å². The van der Waals surface area contributed by atoms with E-state index in [9.17, 15) is 10.1 Å². The maximum atomic E-state index is 10.6. The molecular formula is C10H8Br2N2O3S. The summed E-state index contributed by atoms with van der Waals surface area (Å²) in [5.74, 6) is 0.269. The van der Waals surface area contributed by atoms with E-state index in [1.807, 2.05) is 6.07 Å². The largest absolute Gasteiger partial charge is 0.433 e. The second-order valence-corrected chi connectivity index (χ2v) is 6.68. The Balaban J connectivity index is 2.35. The van der Waals surface area contributed by atoms with Gasteiger partial charge in [-0.25, -0.2) is 0 Å². The van der Waals surface area contributed by atoms with Crippen LogP contribution in [0.1, 0.15) is 16.7 Å². The second kappa shape index (κ2) is 5.52. The van der Waals surface area contributed by atoms with Crippen molar-refractivity contribution in [1.82, 2.24) is 5.32 Å². The first kappa shape index (κ1) is 13.7. The quantitative estimate of drug-likeness (QED) is 0.625. The molecule has 2 rings (SSSR count). The molecule has 0 aliphatic heterocycles. The lowest BCUT2D eigenvalue weighted by molar-refractivity contribution is -0.402. The summed E-state index contributed by atoms with van der Waals surface area (Å²) >= 11 is 8.37. The fraction of sp³-hybridized carbons (Fsp3) is 0.200. The van der Waals surface area contributed by atoms with E-state index in [4.69, 9.17) is 4.42 Å².